The van der Waals surface area contributed by atoms with Gasteiger partial charge in [-0.3, -0.25) is 4.79 Å². The molecule has 0 rings (SSSR count). The number of ether oxygens (including phenoxy) is 3. The molecule has 114 valence electrons. The molecule has 1 atom stereocenters. The average Bonchev–Trinajstić information content (AvgIpc) is 2.18. The minimum atomic E-state index is -0.428. The molecular formula is C15H30O4. The molecule has 0 aliphatic carbocycles. The first-order valence-electron chi connectivity index (χ1n) is 6.93. The molecule has 0 aromatic carbocycles. The molecule has 1 unspecified atom stereocenters. The molecule has 0 radical (unpaired) electrons. The molecular weight excluding hydrogens is 244 g/mol. The van der Waals surface area contributed by atoms with Gasteiger partial charge in [-0.25, -0.2) is 0 Å². The molecule has 0 aliphatic heterocycles. The topological polar surface area (TPSA) is 44.8 Å². The molecule has 0 N–H and O–H groups in total. The highest BCUT2D eigenvalue weighted by Crippen LogP contribution is 2.21. The zero-order chi connectivity index (χ0) is 15.1. The minimum absolute atomic E-state index is 0.135. The lowest BCUT2D eigenvalue weighted by atomic mass is 9.90. The maximum Gasteiger partial charge on any atom is 0.308 e. The molecule has 0 amide bonds. The Kier molecular flexibility index (Phi) is 7.60. The van der Waals surface area contributed by atoms with E-state index in [1.54, 1.807) is 0 Å². The average molecular weight is 274 g/mol. The third-order valence-corrected chi connectivity index (χ3v) is 2.69. The van der Waals surface area contributed by atoms with Crippen LogP contribution in [0.25, 0.3) is 0 Å². The van der Waals surface area contributed by atoms with E-state index >= 15 is 0 Å². The van der Waals surface area contributed by atoms with Crippen LogP contribution < -0.4 is 0 Å². The van der Waals surface area contributed by atoms with Crippen molar-refractivity contribution >= 4 is 5.97 Å². The van der Waals surface area contributed by atoms with Gasteiger partial charge in [-0.05, 0) is 33.1 Å². The number of esters is 1. The van der Waals surface area contributed by atoms with Gasteiger partial charge in [0.1, 0.15) is 5.60 Å². The molecule has 0 aromatic heterocycles. The maximum absolute atomic E-state index is 11.4. The van der Waals surface area contributed by atoms with Crippen molar-refractivity contribution in [3.63, 3.8) is 0 Å². The Labute approximate surface area is 117 Å². The Balaban J connectivity index is 3.54. The number of carbonyl (C=O) groups is 1. The van der Waals surface area contributed by atoms with Crippen LogP contribution in [-0.4, -0.2) is 37.5 Å². The fourth-order valence-electron chi connectivity index (χ4n) is 1.18. The van der Waals surface area contributed by atoms with Crippen LogP contribution in [0.5, 0.6) is 0 Å². The lowest BCUT2D eigenvalue weighted by molar-refractivity contribution is -0.156. The smallest absolute Gasteiger partial charge is 0.308 e. The molecule has 0 aliphatic rings. The molecule has 0 aromatic rings. The minimum Gasteiger partial charge on any atom is -0.460 e. The summed E-state index contributed by atoms with van der Waals surface area (Å²) < 4.78 is 16.2. The highest BCUT2D eigenvalue weighted by Gasteiger charge is 2.20. The Morgan fingerprint density at radius 2 is 1.58 bits per heavy atom. The van der Waals surface area contributed by atoms with E-state index < -0.39 is 5.60 Å². The van der Waals surface area contributed by atoms with E-state index in [-0.39, 0.29) is 23.9 Å². The van der Waals surface area contributed by atoms with Crippen LogP contribution >= 0.6 is 0 Å². The van der Waals surface area contributed by atoms with Crippen molar-refractivity contribution in [2.24, 2.45) is 5.41 Å². The first-order valence-corrected chi connectivity index (χ1v) is 6.93. The summed E-state index contributed by atoms with van der Waals surface area (Å²) in [4.78, 5) is 11.4. The van der Waals surface area contributed by atoms with Gasteiger partial charge in [-0.1, -0.05) is 20.8 Å². The Hall–Kier alpha value is -0.610. The molecule has 4 heteroatoms. The van der Waals surface area contributed by atoms with Gasteiger partial charge in [0.2, 0.25) is 0 Å². The third-order valence-electron chi connectivity index (χ3n) is 2.69. The second-order valence-corrected chi connectivity index (χ2v) is 6.83. The second kappa shape index (κ2) is 7.85. The normalized spacial score (nSPS) is 14.3. The van der Waals surface area contributed by atoms with E-state index in [0.29, 0.717) is 19.8 Å². The number of carbonyl (C=O) groups excluding carboxylic acids is 1. The molecule has 0 heterocycles. The first kappa shape index (κ1) is 18.4. The largest absolute Gasteiger partial charge is 0.460 e. The van der Waals surface area contributed by atoms with Crippen LogP contribution in [0.1, 0.15) is 54.9 Å². The fourth-order valence-corrected chi connectivity index (χ4v) is 1.18. The van der Waals surface area contributed by atoms with Gasteiger partial charge in [0.05, 0.1) is 32.3 Å². The molecule has 19 heavy (non-hydrogen) atoms. The second-order valence-electron chi connectivity index (χ2n) is 6.83. The van der Waals surface area contributed by atoms with Gasteiger partial charge in [-0.2, -0.15) is 0 Å². The summed E-state index contributed by atoms with van der Waals surface area (Å²) in [5.41, 5.74) is -0.293. The highest BCUT2D eigenvalue weighted by atomic mass is 16.6. The monoisotopic (exact) mass is 274 g/mol. The van der Waals surface area contributed by atoms with Gasteiger partial charge < -0.3 is 14.2 Å². The maximum atomic E-state index is 11.4. The lowest BCUT2D eigenvalue weighted by Gasteiger charge is -2.27. The van der Waals surface area contributed by atoms with E-state index in [1.165, 1.54) is 0 Å². The van der Waals surface area contributed by atoms with Crippen LogP contribution in [0, 0.1) is 5.41 Å². The molecule has 0 bridgehead atoms. The van der Waals surface area contributed by atoms with Crippen LogP contribution in [0.2, 0.25) is 0 Å². The van der Waals surface area contributed by atoms with Crippen LogP contribution in [0.4, 0.5) is 0 Å². The number of rotatable bonds is 7. The van der Waals surface area contributed by atoms with E-state index in [1.807, 2.05) is 20.8 Å². The van der Waals surface area contributed by atoms with Crippen LogP contribution in [-0.2, 0) is 19.0 Å². The van der Waals surface area contributed by atoms with Gasteiger partial charge >= 0.3 is 5.97 Å². The first-order chi connectivity index (χ1) is 8.52. The van der Waals surface area contributed by atoms with E-state index in [0.717, 1.165) is 0 Å². The predicted molar refractivity (Wildman–Crippen MR) is 76.2 cm³/mol. The zero-order valence-electron chi connectivity index (χ0n) is 13.5. The fraction of sp³-hybridized carbons (Fsp3) is 0.933. The van der Waals surface area contributed by atoms with E-state index in [9.17, 15) is 4.79 Å². The quantitative estimate of drug-likeness (QED) is 0.528. The van der Waals surface area contributed by atoms with Gasteiger partial charge in [-0.15, -0.1) is 0 Å². The summed E-state index contributed by atoms with van der Waals surface area (Å²) in [5, 5.41) is 0. The molecule has 0 saturated carbocycles. The molecule has 4 nitrogen and oxygen atoms in total. The van der Waals surface area contributed by atoms with Gasteiger partial charge in [0, 0.05) is 0 Å². The van der Waals surface area contributed by atoms with Crippen molar-refractivity contribution in [2.45, 2.75) is 66.6 Å². The zero-order valence-corrected chi connectivity index (χ0v) is 13.5. The van der Waals surface area contributed by atoms with E-state index in [2.05, 4.69) is 27.7 Å². The van der Waals surface area contributed by atoms with Crippen molar-refractivity contribution < 1.29 is 19.0 Å². The molecule has 0 saturated heterocycles. The summed E-state index contributed by atoms with van der Waals surface area (Å²) >= 11 is 0. The Bertz CT molecular complexity index is 260. The van der Waals surface area contributed by atoms with Crippen molar-refractivity contribution in [3.8, 4) is 0 Å². The standard InChI is InChI=1S/C15H30O4/c1-12(14(2,3)4)18-11-10-17-9-8-13(16)19-15(5,6)7/h12H,8-11H2,1-7H3. The van der Waals surface area contributed by atoms with Gasteiger partial charge in [0.15, 0.2) is 0 Å². The summed E-state index contributed by atoms with van der Waals surface area (Å²) in [6, 6.07) is 0. The number of hydrogen-bond donors (Lipinski definition) is 0. The summed E-state index contributed by atoms with van der Waals surface area (Å²) in [5.74, 6) is -0.225. The van der Waals surface area contributed by atoms with Crippen molar-refractivity contribution in [1.29, 1.82) is 0 Å². The predicted octanol–water partition coefficient (Wildman–Crippen LogP) is 3.19. The Morgan fingerprint density at radius 1 is 1.00 bits per heavy atom. The highest BCUT2D eigenvalue weighted by molar-refractivity contribution is 5.69. The van der Waals surface area contributed by atoms with Crippen LogP contribution in [0.15, 0.2) is 0 Å². The summed E-state index contributed by atoms with van der Waals surface area (Å²) in [6.07, 6.45) is 0.466. The van der Waals surface area contributed by atoms with Gasteiger partial charge in [0.25, 0.3) is 0 Å². The molecule has 0 spiro atoms. The lowest BCUT2D eigenvalue weighted by Crippen LogP contribution is -2.27. The summed E-state index contributed by atoms with van der Waals surface area (Å²) in [6.45, 7) is 15.5. The van der Waals surface area contributed by atoms with E-state index in [4.69, 9.17) is 14.2 Å². The Morgan fingerprint density at radius 3 is 2.05 bits per heavy atom. The summed E-state index contributed by atoms with van der Waals surface area (Å²) in [7, 11) is 0. The van der Waals surface area contributed by atoms with Crippen molar-refractivity contribution in [2.75, 3.05) is 19.8 Å². The van der Waals surface area contributed by atoms with Crippen LogP contribution in [0.3, 0.4) is 0 Å². The van der Waals surface area contributed by atoms with Crippen molar-refractivity contribution in [1.82, 2.24) is 0 Å². The van der Waals surface area contributed by atoms with Crippen molar-refractivity contribution in [3.05, 3.63) is 0 Å². The number of hydrogen-bond acceptors (Lipinski definition) is 4. The molecule has 0 fully saturated rings. The SMILES string of the molecule is CC(OCCOCCC(=O)OC(C)(C)C)C(C)(C)C. The third kappa shape index (κ3) is 11.0.